The van der Waals surface area contributed by atoms with Crippen molar-refractivity contribution in [3.05, 3.63) is 0 Å². The van der Waals surface area contributed by atoms with Gasteiger partial charge in [0.1, 0.15) is 0 Å². The zero-order chi connectivity index (χ0) is 11.1. The molecule has 88 valence electrons. The maximum atomic E-state index is 5.52. The molecule has 1 aliphatic carbocycles. The van der Waals surface area contributed by atoms with E-state index in [1.807, 2.05) is 0 Å². The summed E-state index contributed by atoms with van der Waals surface area (Å²) < 4.78 is 0. The lowest BCUT2D eigenvalue weighted by Gasteiger charge is -2.25. The number of rotatable bonds is 6. The minimum atomic E-state index is 0.852. The van der Waals surface area contributed by atoms with Crippen LogP contribution in [0.1, 0.15) is 39.5 Å². The van der Waals surface area contributed by atoms with E-state index in [-0.39, 0.29) is 0 Å². The Balaban J connectivity index is 2.48. The number of nitrogens with zero attached hydrogens (tertiary/aromatic N) is 2. The van der Waals surface area contributed by atoms with E-state index in [0.29, 0.717) is 0 Å². The molecular formula is C11H24N4. The van der Waals surface area contributed by atoms with Crippen LogP contribution < -0.4 is 11.3 Å². The highest BCUT2D eigenvalue weighted by Crippen LogP contribution is 2.29. The van der Waals surface area contributed by atoms with Gasteiger partial charge in [0.05, 0.1) is 0 Å². The second kappa shape index (κ2) is 6.67. The number of guanidine groups is 1. The number of hydrogen-bond donors (Lipinski definition) is 2. The summed E-state index contributed by atoms with van der Waals surface area (Å²) in [6.07, 6.45) is 4.94. The number of aliphatic imine (C=N–C) groups is 1. The summed E-state index contributed by atoms with van der Waals surface area (Å²) in [4.78, 5) is 6.75. The van der Waals surface area contributed by atoms with Gasteiger partial charge in [-0.3, -0.25) is 10.4 Å². The van der Waals surface area contributed by atoms with Crippen molar-refractivity contribution in [3.63, 3.8) is 0 Å². The number of hydrogen-bond acceptors (Lipinski definition) is 2. The Hall–Kier alpha value is -0.770. The first-order valence-corrected chi connectivity index (χ1v) is 6.07. The molecule has 4 nitrogen and oxygen atoms in total. The van der Waals surface area contributed by atoms with Crippen LogP contribution in [0.15, 0.2) is 4.99 Å². The van der Waals surface area contributed by atoms with Gasteiger partial charge >= 0.3 is 0 Å². The molecule has 4 heteroatoms. The Labute approximate surface area is 92.9 Å². The van der Waals surface area contributed by atoms with E-state index in [1.165, 1.54) is 12.8 Å². The lowest BCUT2D eigenvalue weighted by molar-refractivity contribution is 0.384. The summed E-state index contributed by atoms with van der Waals surface area (Å²) in [5.74, 6) is 7.26. The van der Waals surface area contributed by atoms with Crippen molar-refractivity contribution < 1.29 is 0 Å². The second-order valence-corrected chi connectivity index (χ2v) is 4.24. The van der Waals surface area contributed by atoms with Gasteiger partial charge in [-0.15, -0.1) is 0 Å². The minimum Gasteiger partial charge on any atom is -0.342 e. The van der Waals surface area contributed by atoms with Crippen LogP contribution >= 0.6 is 0 Å². The molecule has 0 aromatic rings. The van der Waals surface area contributed by atoms with Crippen molar-refractivity contribution in [3.8, 4) is 0 Å². The van der Waals surface area contributed by atoms with Crippen LogP contribution in [-0.4, -0.2) is 30.5 Å². The van der Waals surface area contributed by atoms with E-state index in [1.54, 1.807) is 0 Å². The molecule has 0 heterocycles. The molecule has 0 aliphatic heterocycles. The fourth-order valence-electron chi connectivity index (χ4n) is 1.62. The third kappa shape index (κ3) is 4.51. The van der Waals surface area contributed by atoms with Gasteiger partial charge in [-0.1, -0.05) is 13.8 Å². The summed E-state index contributed by atoms with van der Waals surface area (Å²) in [5, 5.41) is 0. The Kier molecular flexibility index (Phi) is 5.47. The van der Waals surface area contributed by atoms with E-state index in [9.17, 15) is 0 Å². The van der Waals surface area contributed by atoms with E-state index in [4.69, 9.17) is 5.84 Å². The van der Waals surface area contributed by atoms with Crippen molar-refractivity contribution in [1.82, 2.24) is 10.3 Å². The van der Waals surface area contributed by atoms with Crippen LogP contribution in [0.4, 0.5) is 0 Å². The van der Waals surface area contributed by atoms with E-state index in [0.717, 1.165) is 44.4 Å². The predicted molar refractivity (Wildman–Crippen MR) is 64.5 cm³/mol. The van der Waals surface area contributed by atoms with Gasteiger partial charge in [0.25, 0.3) is 0 Å². The van der Waals surface area contributed by atoms with Gasteiger partial charge in [-0.25, -0.2) is 5.84 Å². The molecule has 0 aromatic heterocycles. The molecule has 1 saturated carbocycles. The van der Waals surface area contributed by atoms with Crippen molar-refractivity contribution in [1.29, 1.82) is 0 Å². The number of hydrazine groups is 1. The minimum absolute atomic E-state index is 0.852. The third-order valence-electron chi connectivity index (χ3n) is 2.58. The molecule has 0 amide bonds. The first-order chi connectivity index (χ1) is 7.31. The molecule has 3 N–H and O–H groups in total. The highest BCUT2D eigenvalue weighted by molar-refractivity contribution is 5.79. The van der Waals surface area contributed by atoms with Crippen molar-refractivity contribution >= 4 is 5.96 Å². The molecule has 1 aliphatic rings. The summed E-state index contributed by atoms with van der Waals surface area (Å²) >= 11 is 0. The fraction of sp³-hybridized carbons (Fsp3) is 0.909. The van der Waals surface area contributed by atoms with E-state index < -0.39 is 0 Å². The smallest absolute Gasteiger partial charge is 0.208 e. The summed E-state index contributed by atoms with van der Waals surface area (Å²) in [5.41, 5.74) is 2.73. The fourth-order valence-corrected chi connectivity index (χ4v) is 1.62. The highest BCUT2D eigenvalue weighted by Gasteiger charge is 2.25. The molecule has 0 saturated heterocycles. The topological polar surface area (TPSA) is 53.6 Å². The highest BCUT2D eigenvalue weighted by atomic mass is 15.4. The summed E-state index contributed by atoms with van der Waals surface area (Å²) in [7, 11) is 0. The Morgan fingerprint density at radius 2 is 2.13 bits per heavy atom. The quantitative estimate of drug-likeness (QED) is 0.302. The lowest BCUT2D eigenvalue weighted by atomic mass is 10.3. The number of nitrogens with one attached hydrogen (secondary N) is 1. The standard InChI is InChI=1S/C11H24N4/c1-3-7-13-11(14-12)15(8-4-2)9-10-5-6-10/h10H,3-9,12H2,1-2H3,(H,13,14). The maximum Gasteiger partial charge on any atom is 0.208 e. The number of nitrogens with two attached hydrogens (primary N) is 1. The maximum absolute atomic E-state index is 5.52. The molecule has 15 heavy (non-hydrogen) atoms. The van der Waals surface area contributed by atoms with Crippen molar-refractivity contribution in [2.24, 2.45) is 16.8 Å². The van der Waals surface area contributed by atoms with E-state index >= 15 is 0 Å². The van der Waals surface area contributed by atoms with Crippen LogP contribution in [-0.2, 0) is 0 Å². The molecule has 0 bridgehead atoms. The zero-order valence-corrected chi connectivity index (χ0v) is 10.00. The van der Waals surface area contributed by atoms with Crippen LogP contribution in [0.3, 0.4) is 0 Å². The molecule has 0 spiro atoms. The lowest BCUT2D eigenvalue weighted by Crippen LogP contribution is -2.46. The average Bonchev–Trinajstić information content (AvgIpc) is 3.03. The molecule has 0 atom stereocenters. The molecule has 0 aromatic carbocycles. The van der Waals surface area contributed by atoms with Gasteiger partial charge in [0, 0.05) is 19.6 Å². The zero-order valence-electron chi connectivity index (χ0n) is 10.00. The Morgan fingerprint density at radius 1 is 1.40 bits per heavy atom. The van der Waals surface area contributed by atoms with Gasteiger partial charge < -0.3 is 4.90 Å². The van der Waals surface area contributed by atoms with Gasteiger partial charge in [-0.05, 0) is 31.6 Å². The Bertz CT molecular complexity index is 199. The first kappa shape index (κ1) is 12.3. The molecule has 0 unspecified atom stereocenters. The normalized spacial score (nSPS) is 16.6. The predicted octanol–water partition coefficient (Wildman–Crippen LogP) is 1.34. The third-order valence-corrected chi connectivity index (χ3v) is 2.58. The molecule has 1 fully saturated rings. The average molecular weight is 212 g/mol. The summed E-state index contributed by atoms with van der Waals surface area (Å²) in [6.45, 7) is 7.32. The second-order valence-electron chi connectivity index (χ2n) is 4.24. The van der Waals surface area contributed by atoms with Crippen molar-refractivity contribution in [2.75, 3.05) is 19.6 Å². The molecule has 1 rings (SSSR count). The van der Waals surface area contributed by atoms with Crippen LogP contribution in [0.5, 0.6) is 0 Å². The van der Waals surface area contributed by atoms with Crippen molar-refractivity contribution in [2.45, 2.75) is 39.5 Å². The van der Waals surface area contributed by atoms with E-state index in [2.05, 4.69) is 29.2 Å². The SMILES string of the molecule is CCCN=C(NN)N(CCC)CC1CC1. The Morgan fingerprint density at radius 3 is 2.60 bits per heavy atom. The molecular weight excluding hydrogens is 188 g/mol. The largest absolute Gasteiger partial charge is 0.342 e. The van der Waals surface area contributed by atoms with Crippen LogP contribution in [0.25, 0.3) is 0 Å². The van der Waals surface area contributed by atoms with Gasteiger partial charge in [0.2, 0.25) is 5.96 Å². The van der Waals surface area contributed by atoms with Crippen LogP contribution in [0.2, 0.25) is 0 Å². The molecule has 0 radical (unpaired) electrons. The first-order valence-electron chi connectivity index (χ1n) is 6.07. The van der Waals surface area contributed by atoms with Gasteiger partial charge in [0.15, 0.2) is 0 Å². The van der Waals surface area contributed by atoms with Gasteiger partial charge in [-0.2, -0.15) is 0 Å². The summed E-state index contributed by atoms with van der Waals surface area (Å²) in [6, 6.07) is 0. The van der Waals surface area contributed by atoms with Crippen LogP contribution in [0, 0.1) is 5.92 Å². The monoisotopic (exact) mass is 212 g/mol.